The zero-order valence-corrected chi connectivity index (χ0v) is 18.9. The molecule has 0 bridgehead atoms. The summed E-state index contributed by atoms with van der Waals surface area (Å²) in [5, 5.41) is 11.5. The fourth-order valence-corrected chi connectivity index (χ4v) is 4.01. The topological polar surface area (TPSA) is 106 Å². The lowest BCUT2D eigenvalue weighted by molar-refractivity contribution is 0.687. The van der Waals surface area contributed by atoms with Crippen LogP contribution in [0.1, 0.15) is 25.1 Å². The van der Waals surface area contributed by atoms with Gasteiger partial charge < -0.3 is 15.2 Å². The number of anilines is 1. The zero-order valence-electron chi connectivity index (χ0n) is 18.9. The Labute approximate surface area is 191 Å². The summed E-state index contributed by atoms with van der Waals surface area (Å²) in [6.45, 7) is 4.79. The molecule has 0 saturated heterocycles. The van der Waals surface area contributed by atoms with Crippen molar-refractivity contribution in [2.45, 2.75) is 33.0 Å². The lowest BCUT2D eigenvalue weighted by Crippen LogP contribution is -2.34. The summed E-state index contributed by atoms with van der Waals surface area (Å²) in [4.78, 5) is 24.6. The van der Waals surface area contributed by atoms with Crippen LogP contribution in [0.5, 0.6) is 0 Å². The highest BCUT2D eigenvalue weighted by atomic mass is 16.1. The van der Waals surface area contributed by atoms with Gasteiger partial charge in [0.05, 0.1) is 29.9 Å². The molecule has 8 nitrogen and oxygen atoms in total. The second kappa shape index (κ2) is 9.15. The van der Waals surface area contributed by atoms with Crippen LogP contribution in [0, 0.1) is 23.2 Å². The maximum Gasteiger partial charge on any atom is 0.277 e. The Morgan fingerprint density at radius 2 is 2.06 bits per heavy atom. The van der Waals surface area contributed by atoms with Gasteiger partial charge in [-0.15, -0.1) is 5.92 Å². The standard InChI is InChI=1S/C25H25N7O/c1-4-5-11-32-23-21(29-25(32)30(3)15-17(2)27)10-12-31(24(23)33)16-22-20(13-26)19-9-7-6-8-18(19)14-28-22/h6-10,12,14,17H,11,15-16,27H2,1-3H3/t17-/m0/s1. The number of nitriles is 1. The maximum atomic E-state index is 13.5. The molecule has 3 aromatic heterocycles. The van der Waals surface area contributed by atoms with Gasteiger partial charge in [-0.3, -0.25) is 14.3 Å². The molecule has 4 rings (SSSR count). The van der Waals surface area contributed by atoms with Gasteiger partial charge in [0.2, 0.25) is 5.95 Å². The third-order valence-electron chi connectivity index (χ3n) is 5.48. The van der Waals surface area contributed by atoms with E-state index in [2.05, 4.69) is 27.9 Å². The third-order valence-corrected chi connectivity index (χ3v) is 5.48. The van der Waals surface area contributed by atoms with Crippen LogP contribution in [0.3, 0.4) is 0 Å². The SMILES string of the molecule is CC#CCn1c(N(C)C[C@H](C)N)nc2ccn(Cc3ncc4ccccc4c3C#N)c(=O)c21. The molecule has 0 spiro atoms. The van der Waals surface area contributed by atoms with Crippen molar-refractivity contribution in [1.29, 1.82) is 5.26 Å². The van der Waals surface area contributed by atoms with Gasteiger partial charge >= 0.3 is 0 Å². The number of fused-ring (bicyclic) bond motifs is 2. The molecule has 0 amide bonds. The quantitative estimate of drug-likeness (QED) is 0.463. The molecular weight excluding hydrogens is 414 g/mol. The molecule has 3 heterocycles. The third kappa shape index (κ3) is 4.17. The number of nitrogens with zero attached hydrogens (tertiary/aromatic N) is 6. The first-order valence-electron chi connectivity index (χ1n) is 10.7. The van der Waals surface area contributed by atoms with Crippen LogP contribution in [-0.4, -0.2) is 38.7 Å². The molecule has 0 radical (unpaired) electrons. The predicted octanol–water partition coefficient (Wildman–Crippen LogP) is 2.47. The number of benzene rings is 1. The van der Waals surface area contributed by atoms with Crippen LogP contribution in [0.2, 0.25) is 0 Å². The normalized spacial score (nSPS) is 11.7. The summed E-state index contributed by atoms with van der Waals surface area (Å²) in [6, 6.07) is 11.6. The molecule has 0 aliphatic rings. The fraction of sp³-hybridized carbons (Fsp3) is 0.280. The average Bonchev–Trinajstić information content (AvgIpc) is 3.18. The Morgan fingerprint density at radius 3 is 2.79 bits per heavy atom. The Hall–Kier alpha value is -4.14. The molecule has 2 N–H and O–H groups in total. The van der Waals surface area contributed by atoms with Gasteiger partial charge in [0.1, 0.15) is 11.6 Å². The molecule has 0 fully saturated rings. The number of aromatic nitrogens is 4. The van der Waals surface area contributed by atoms with Crippen LogP contribution in [0.4, 0.5) is 5.95 Å². The summed E-state index contributed by atoms with van der Waals surface area (Å²) in [6.07, 6.45) is 3.43. The predicted molar refractivity (Wildman–Crippen MR) is 130 cm³/mol. The van der Waals surface area contributed by atoms with E-state index in [0.717, 1.165) is 10.8 Å². The van der Waals surface area contributed by atoms with Gasteiger partial charge in [0.15, 0.2) is 0 Å². The van der Waals surface area contributed by atoms with E-state index >= 15 is 0 Å². The van der Waals surface area contributed by atoms with Gasteiger partial charge in [-0.05, 0) is 19.9 Å². The van der Waals surface area contributed by atoms with Crippen molar-refractivity contribution in [3.05, 3.63) is 64.3 Å². The van der Waals surface area contributed by atoms with Crippen LogP contribution in [0.15, 0.2) is 47.5 Å². The van der Waals surface area contributed by atoms with E-state index in [9.17, 15) is 10.1 Å². The lowest BCUT2D eigenvalue weighted by Gasteiger charge is -2.20. The largest absolute Gasteiger partial charge is 0.344 e. The van der Waals surface area contributed by atoms with Crippen LogP contribution in [-0.2, 0) is 13.1 Å². The smallest absolute Gasteiger partial charge is 0.277 e. The van der Waals surface area contributed by atoms with Crippen LogP contribution in [0.25, 0.3) is 21.8 Å². The van der Waals surface area contributed by atoms with Gasteiger partial charge in [0.25, 0.3) is 5.56 Å². The number of imidazole rings is 1. The Bertz CT molecular complexity index is 1490. The van der Waals surface area contributed by atoms with E-state index in [4.69, 9.17) is 5.73 Å². The monoisotopic (exact) mass is 439 g/mol. The van der Waals surface area contributed by atoms with Crippen molar-refractivity contribution in [1.82, 2.24) is 19.1 Å². The first-order chi connectivity index (χ1) is 15.9. The number of hydrogen-bond donors (Lipinski definition) is 1. The zero-order chi connectivity index (χ0) is 23.5. The lowest BCUT2D eigenvalue weighted by atomic mass is 10.1. The van der Waals surface area contributed by atoms with E-state index in [1.807, 2.05) is 53.8 Å². The van der Waals surface area contributed by atoms with Crippen molar-refractivity contribution in [2.24, 2.45) is 5.73 Å². The molecule has 8 heteroatoms. The minimum atomic E-state index is -0.211. The molecule has 0 aliphatic carbocycles. The van der Waals surface area contributed by atoms with E-state index in [0.29, 0.717) is 41.3 Å². The number of rotatable bonds is 6. The van der Waals surface area contributed by atoms with Crippen molar-refractivity contribution < 1.29 is 0 Å². The van der Waals surface area contributed by atoms with E-state index in [1.165, 1.54) is 0 Å². The molecule has 1 aromatic carbocycles. The Kier molecular flexibility index (Phi) is 6.12. The van der Waals surface area contributed by atoms with Gasteiger partial charge in [-0.25, -0.2) is 4.98 Å². The highest BCUT2D eigenvalue weighted by Gasteiger charge is 2.19. The highest BCUT2D eigenvalue weighted by Crippen LogP contribution is 2.22. The summed E-state index contributed by atoms with van der Waals surface area (Å²) in [5.41, 5.74) is 7.84. The fourth-order valence-electron chi connectivity index (χ4n) is 4.01. The number of pyridine rings is 2. The van der Waals surface area contributed by atoms with E-state index < -0.39 is 0 Å². The van der Waals surface area contributed by atoms with Crippen molar-refractivity contribution >= 4 is 27.8 Å². The first-order valence-corrected chi connectivity index (χ1v) is 10.7. The van der Waals surface area contributed by atoms with Gasteiger partial charge in [-0.1, -0.05) is 30.2 Å². The second-order valence-corrected chi connectivity index (χ2v) is 8.04. The first kappa shape index (κ1) is 22.1. The minimum absolute atomic E-state index is 0.0550. The molecule has 0 saturated carbocycles. The maximum absolute atomic E-state index is 13.5. The summed E-state index contributed by atoms with van der Waals surface area (Å²) in [7, 11) is 1.90. The summed E-state index contributed by atoms with van der Waals surface area (Å²) >= 11 is 0. The van der Waals surface area contributed by atoms with Gasteiger partial charge in [-0.2, -0.15) is 5.26 Å². The Balaban J connectivity index is 1.84. The number of likely N-dealkylation sites (N-methyl/N-ethyl adjacent to an activating group) is 1. The Morgan fingerprint density at radius 1 is 1.27 bits per heavy atom. The van der Waals surface area contributed by atoms with Crippen molar-refractivity contribution in [3.8, 4) is 17.9 Å². The number of nitrogens with two attached hydrogens (primary N) is 1. The minimum Gasteiger partial charge on any atom is -0.344 e. The molecular formula is C25H25N7O. The molecule has 0 unspecified atom stereocenters. The molecule has 0 aliphatic heterocycles. The van der Waals surface area contributed by atoms with Crippen molar-refractivity contribution in [2.75, 3.05) is 18.5 Å². The average molecular weight is 440 g/mol. The highest BCUT2D eigenvalue weighted by molar-refractivity contribution is 5.87. The van der Waals surface area contributed by atoms with Crippen LogP contribution >= 0.6 is 0 Å². The second-order valence-electron chi connectivity index (χ2n) is 8.04. The van der Waals surface area contributed by atoms with E-state index in [-0.39, 0.29) is 18.1 Å². The summed E-state index contributed by atoms with van der Waals surface area (Å²) in [5.74, 6) is 6.56. The van der Waals surface area contributed by atoms with E-state index in [1.54, 1.807) is 23.9 Å². The number of hydrogen-bond acceptors (Lipinski definition) is 6. The summed E-state index contributed by atoms with van der Waals surface area (Å²) < 4.78 is 3.39. The molecule has 33 heavy (non-hydrogen) atoms. The molecule has 1 atom stereocenters. The molecule has 166 valence electrons. The van der Waals surface area contributed by atoms with Gasteiger partial charge in [0, 0.05) is 42.8 Å². The van der Waals surface area contributed by atoms with Crippen molar-refractivity contribution in [3.63, 3.8) is 0 Å². The van der Waals surface area contributed by atoms with Crippen LogP contribution < -0.4 is 16.2 Å². The molecule has 4 aromatic rings.